The highest BCUT2D eigenvalue weighted by Gasteiger charge is 2.14. The fourth-order valence-electron chi connectivity index (χ4n) is 1.12. The van der Waals surface area contributed by atoms with Crippen molar-refractivity contribution in [3.63, 3.8) is 0 Å². The zero-order valence-corrected chi connectivity index (χ0v) is 7.82. The second kappa shape index (κ2) is 4.74. The van der Waals surface area contributed by atoms with Crippen LogP contribution in [-0.4, -0.2) is 17.1 Å². The molecule has 0 aliphatic heterocycles. The maximum Gasteiger partial charge on any atom is 0.237 e. The van der Waals surface area contributed by atoms with Crippen molar-refractivity contribution in [1.29, 1.82) is 0 Å². The van der Waals surface area contributed by atoms with Gasteiger partial charge in [0.1, 0.15) is 5.69 Å². The van der Waals surface area contributed by atoms with E-state index >= 15 is 0 Å². The van der Waals surface area contributed by atoms with E-state index in [4.69, 9.17) is 10.6 Å². The van der Waals surface area contributed by atoms with Gasteiger partial charge in [0, 0.05) is 12.4 Å². The largest absolute Gasteiger partial charge is 0.480 e. The van der Waals surface area contributed by atoms with Gasteiger partial charge < -0.3 is 4.74 Å². The molecule has 0 saturated heterocycles. The lowest BCUT2D eigenvalue weighted by atomic mass is 10.1. The van der Waals surface area contributed by atoms with Crippen LogP contribution in [-0.2, 0) is 0 Å². The van der Waals surface area contributed by atoms with E-state index in [0.717, 1.165) is 12.1 Å². The summed E-state index contributed by atoms with van der Waals surface area (Å²) >= 11 is 0. The fraction of sp³-hybridized carbons (Fsp3) is 0.500. The van der Waals surface area contributed by atoms with Gasteiger partial charge in [0.15, 0.2) is 0 Å². The summed E-state index contributed by atoms with van der Waals surface area (Å²) in [4.78, 5) is 8.20. The first kappa shape index (κ1) is 9.88. The number of ether oxygens (including phenoxy) is 1. The number of aromatic nitrogens is 2. The molecule has 0 fully saturated rings. The van der Waals surface area contributed by atoms with Gasteiger partial charge in [-0.25, -0.2) is 4.98 Å². The molecule has 0 aliphatic carbocycles. The molecule has 0 saturated carbocycles. The highest BCUT2D eigenvalue weighted by atomic mass is 16.5. The molecule has 0 spiro atoms. The summed E-state index contributed by atoms with van der Waals surface area (Å²) in [5, 5.41) is 0. The summed E-state index contributed by atoms with van der Waals surface area (Å²) in [6.07, 6.45) is 4.05. The van der Waals surface area contributed by atoms with Crippen molar-refractivity contribution < 1.29 is 4.74 Å². The van der Waals surface area contributed by atoms with Gasteiger partial charge in [-0.15, -0.1) is 0 Å². The lowest BCUT2D eigenvalue weighted by Gasteiger charge is -2.14. The molecule has 1 atom stereocenters. The highest BCUT2D eigenvalue weighted by Crippen LogP contribution is 2.20. The number of methoxy groups -OCH3 is 1. The number of rotatable bonds is 4. The van der Waals surface area contributed by atoms with Gasteiger partial charge in [-0.1, -0.05) is 6.92 Å². The Hall–Kier alpha value is -1.20. The maximum atomic E-state index is 5.37. The van der Waals surface area contributed by atoms with Crippen LogP contribution in [0.4, 0.5) is 0 Å². The van der Waals surface area contributed by atoms with Crippen LogP contribution in [0.3, 0.4) is 0 Å². The van der Waals surface area contributed by atoms with Gasteiger partial charge in [0.25, 0.3) is 0 Å². The van der Waals surface area contributed by atoms with Crippen molar-refractivity contribution >= 4 is 0 Å². The summed E-state index contributed by atoms with van der Waals surface area (Å²) in [6, 6.07) is -0.0105. The average molecular weight is 182 g/mol. The Bertz CT molecular complexity index is 262. The Morgan fingerprint density at radius 1 is 1.54 bits per heavy atom. The molecule has 1 heterocycles. The molecule has 3 N–H and O–H groups in total. The van der Waals surface area contributed by atoms with E-state index in [2.05, 4.69) is 15.4 Å². The monoisotopic (exact) mass is 182 g/mol. The normalized spacial score (nSPS) is 12.5. The van der Waals surface area contributed by atoms with Crippen molar-refractivity contribution in [2.24, 2.45) is 5.84 Å². The molecule has 1 aromatic heterocycles. The van der Waals surface area contributed by atoms with Crippen LogP contribution in [0.5, 0.6) is 5.88 Å². The van der Waals surface area contributed by atoms with Crippen molar-refractivity contribution in [2.75, 3.05) is 7.11 Å². The number of hydrogen-bond acceptors (Lipinski definition) is 5. The summed E-state index contributed by atoms with van der Waals surface area (Å²) in [5.74, 6) is 5.89. The zero-order valence-electron chi connectivity index (χ0n) is 7.82. The van der Waals surface area contributed by atoms with E-state index in [0.29, 0.717) is 5.88 Å². The van der Waals surface area contributed by atoms with Gasteiger partial charge in [-0.3, -0.25) is 16.3 Å². The third-order valence-electron chi connectivity index (χ3n) is 1.82. The van der Waals surface area contributed by atoms with Gasteiger partial charge in [-0.2, -0.15) is 0 Å². The minimum atomic E-state index is -0.0105. The topological polar surface area (TPSA) is 73.1 Å². The van der Waals surface area contributed by atoms with Crippen LogP contribution in [0.2, 0.25) is 0 Å². The lowest BCUT2D eigenvalue weighted by Crippen LogP contribution is -2.28. The molecule has 1 rings (SSSR count). The van der Waals surface area contributed by atoms with Crippen LogP contribution >= 0.6 is 0 Å². The van der Waals surface area contributed by atoms with Crippen LogP contribution < -0.4 is 16.0 Å². The molecular weight excluding hydrogens is 168 g/mol. The van der Waals surface area contributed by atoms with Crippen LogP contribution in [0.1, 0.15) is 25.1 Å². The third-order valence-corrected chi connectivity index (χ3v) is 1.82. The Morgan fingerprint density at radius 2 is 2.23 bits per heavy atom. The van der Waals surface area contributed by atoms with Crippen molar-refractivity contribution in [3.8, 4) is 5.88 Å². The van der Waals surface area contributed by atoms with Gasteiger partial charge >= 0.3 is 0 Å². The standard InChI is InChI=1S/C8H14N4O/c1-3-6(12-9)7-8(13-2)11-5-4-10-7/h4-6,12H,3,9H2,1-2H3. The minimum Gasteiger partial charge on any atom is -0.480 e. The molecule has 0 radical (unpaired) electrons. The fourth-order valence-corrected chi connectivity index (χ4v) is 1.12. The second-order valence-corrected chi connectivity index (χ2v) is 2.58. The molecule has 13 heavy (non-hydrogen) atoms. The number of nitrogens with two attached hydrogens (primary N) is 1. The van der Waals surface area contributed by atoms with Crippen molar-refractivity contribution in [2.45, 2.75) is 19.4 Å². The molecular formula is C8H14N4O. The van der Waals surface area contributed by atoms with E-state index in [1.54, 1.807) is 19.5 Å². The van der Waals surface area contributed by atoms with Crippen molar-refractivity contribution in [1.82, 2.24) is 15.4 Å². The van der Waals surface area contributed by atoms with Gasteiger partial charge in [0.05, 0.1) is 13.2 Å². The summed E-state index contributed by atoms with van der Waals surface area (Å²) in [7, 11) is 1.57. The Balaban J connectivity index is 2.96. The van der Waals surface area contributed by atoms with Crippen molar-refractivity contribution in [3.05, 3.63) is 18.1 Å². The van der Waals surface area contributed by atoms with E-state index in [-0.39, 0.29) is 6.04 Å². The lowest BCUT2D eigenvalue weighted by molar-refractivity contribution is 0.376. The Morgan fingerprint density at radius 3 is 2.77 bits per heavy atom. The minimum absolute atomic E-state index is 0.0105. The number of nitrogens with one attached hydrogen (secondary N) is 1. The SMILES string of the molecule is CCC(NN)c1nccnc1OC. The maximum absolute atomic E-state index is 5.37. The smallest absolute Gasteiger partial charge is 0.237 e. The highest BCUT2D eigenvalue weighted by molar-refractivity contribution is 5.20. The van der Waals surface area contributed by atoms with E-state index in [9.17, 15) is 0 Å². The molecule has 0 bridgehead atoms. The first-order valence-corrected chi connectivity index (χ1v) is 4.14. The summed E-state index contributed by atoms with van der Waals surface area (Å²) < 4.78 is 5.06. The Kier molecular flexibility index (Phi) is 3.60. The first-order valence-electron chi connectivity index (χ1n) is 4.14. The molecule has 0 aliphatic rings. The van der Waals surface area contributed by atoms with Crippen LogP contribution in [0, 0.1) is 0 Å². The summed E-state index contributed by atoms with van der Waals surface area (Å²) in [5.41, 5.74) is 3.41. The predicted octanol–water partition coefficient (Wildman–Crippen LogP) is 0.400. The molecule has 0 aromatic carbocycles. The second-order valence-electron chi connectivity index (χ2n) is 2.58. The molecule has 0 amide bonds. The Labute approximate surface area is 77.3 Å². The van der Waals surface area contributed by atoms with E-state index < -0.39 is 0 Å². The van der Waals surface area contributed by atoms with Crippen LogP contribution in [0.15, 0.2) is 12.4 Å². The zero-order chi connectivity index (χ0) is 9.68. The molecule has 1 unspecified atom stereocenters. The van der Waals surface area contributed by atoms with Gasteiger partial charge in [-0.05, 0) is 6.42 Å². The molecule has 5 heteroatoms. The number of hydrogen-bond donors (Lipinski definition) is 2. The number of hydrazine groups is 1. The van der Waals surface area contributed by atoms with Crippen LogP contribution in [0.25, 0.3) is 0 Å². The predicted molar refractivity (Wildman–Crippen MR) is 48.9 cm³/mol. The average Bonchev–Trinajstić information content (AvgIpc) is 2.20. The molecule has 72 valence electrons. The van der Waals surface area contributed by atoms with Gasteiger partial charge in [0.2, 0.25) is 5.88 Å². The molecule has 1 aromatic rings. The third kappa shape index (κ3) is 2.13. The first-order chi connectivity index (χ1) is 6.33. The quantitative estimate of drug-likeness (QED) is 0.521. The summed E-state index contributed by atoms with van der Waals surface area (Å²) in [6.45, 7) is 2.01. The van der Waals surface area contributed by atoms with E-state index in [1.807, 2.05) is 6.92 Å². The number of nitrogens with zero attached hydrogens (tertiary/aromatic N) is 2. The van der Waals surface area contributed by atoms with E-state index in [1.165, 1.54) is 0 Å². The molecule has 5 nitrogen and oxygen atoms in total.